The molecule has 0 radical (unpaired) electrons. The number of carboxylic acid groups (broad SMARTS) is 1. The molecule has 1 unspecified atom stereocenters. The third-order valence-corrected chi connectivity index (χ3v) is 3.30. The Hall–Kier alpha value is -1.33. The number of aromatic carboxylic acids is 1. The van der Waals surface area contributed by atoms with Crippen LogP contribution in [0.1, 0.15) is 42.6 Å². The SMILES string of the molecule is CCN(CC)CC(C)NCc1cc(C(=O)O)oc1C. The second-order valence-electron chi connectivity index (χ2n) is 4.77. The zero-order valence-corrected chi connectivity index (χ0v) is 12.2. The number of nitrogens with one attached hydrogen (secondary N) is 1. The van der Waals surface area contributed by atoms with Gasteiger partial charge in [-0.2, -0.15) is 0 Å². The van der Waals surface area contributed by atoms with Crippen LogP contribution in [0, 0.1) is 6.92 Å². The summed E-state index contributed by atoms with van der Waals surface area (Å²) in [6.07, 6.45) is 0. The Morgan fingerprint density at radius 3 is 2.58 bits per heavy atom. The van der Waals surface area contributed by atoms with Gasteiger partial charge < -0.3 is 19.7 Å². The van der Waals surface area contributed by atoms with E-state index in [4.69, 9.17) is 9.52 Å². The first-order valence-electron chi connectivity index (χ1n) is 6.76. The Labute approximate surface area is 114 Å². The summed E-state index contributed by atoms with van der Waals surface area (Å²) in [7, 11) is 0. The van der Waals surface area contributed by atoms with Crippen LogP contribution < -0.4 is 5.32 Å². The number of hydrogen-bond acceptors (Lipinski definition) is 4. The molecule has 0 aliphatic carbocycles. The van der Waals surface area contributed by atoms with Gasteiger partial charge in [-0.05, 0) is 33.0 Å². The molecular weight excluding hydrogens is 244 g/mol. The van der Waals surface area contributed by atoms with Crippen molar-refractivity contribution in [1.82, 2.24) is 10.2 Å². The van der Waals surface area contributed by atoms with Gasteiger partial charge in [0.15, 0.2) is 0 Å². The van der Waals surface area contributed by atoms with Gasteiger partial charge in [-0.1, -0.05) is 13.8 Å². The van der Waals surface area contributed by atoms with Crippen LogP contribution >= 0.6 is 0 Å². The van der Waals surface area contributed by atoms with Crippen molar-refractivity contribution >= 4 is 5.97 Å². The van der Waals surface area contributed by atoms with Crippen LogP contribution in [0.2, 0.25) is 0 Å². The summed E-state index contributed by atoms with van der Waals surface area (Å²) in [5.74, 6) is -0.351. The molecule has 0 spiro atoms. The molecule has 0 saturated heterocycles. The van der Waals surface area contributed by atoms with Gasteiger partial charge in [-0.25, -0.2) is 4.79 Å². The van der Waals surface area contributed by atoms with Crippen molar-refractivity contribution in [1.29, 1.82) is 0 Å². The maximum absolute atomic E-state index is 10.8. The topological polar surface area (TPSA) is 65.7 Å². The summed E-state index contributed by atoms with van der Waals surface area (Å²) < 4.78 is 5.18. The number of carboxylic acids is 1. The molecule has 19 heavy (non-hydrogen) atoms. The van der Waals surface area contributed by atoms with E-state index < -0.39 is 5.97 Å². The lowest BCUT2D eigenvalue weighted by Crippen LogP contribution is -2.38. The molecule has 1 aromatic heterocycles. The number of nitrogens with zero attached hydrogens (tertiary/aromatic N) is 1. The molecule has 0 bridgehead atoms. The summed E-state index contributed by atoms with van der Waals surface area (Å²) >= 11 is 0. The van der Waals surface area contributed by atoms with Gasteiger partial charge in [-0.3, -0.25) is 0 Å². The van der Waals surface area contributed by atoms with Gasteiger partial charge in [0.25, 0.3) is 0 Å². The Bertz CT molecular complexity index is 411. The average Bonchev–Trinajstić information content (AvgIpc) is 2.75. The Balaban J connectivity index is 2.50. The normalized spacial score (nSPS) is 12.9. The summed E-state index contributed by atoms with van der Waals surface area (Å²) in [6, 6.07) is 1.94. The highest BCUT2D eigenvalue weighted by atomic mass is 16.4. The van der Waals surface area contributed by atoms with Crippen molar-refractivity contribution in [3.8, 4) is 0 Å². The van der Waals surface area contributed by atoms with Crippen molar-refractivity contribution in [3.63, 3.8) is 0 Å². The number of aryl methyl sites for hydroxylation is 1. The van der Waals surface area contributed by atoms with Crippen LogP contribution in [0.15, 0.2) is 10.5 Å². The second kappa shape index (κ2) is 7.31. The maximum atomic E-state index is 10.8. The number of furan rings is 1. The molecule has 0 aliphatic rings. The number of likely N-dealkylation sites (N-methyl/N-ethyl adjacent to an activating group) is 1. The minimum Gasteiger partial charge on any atom is -0.475 e. The molecule has 1 rings (SSSR count). The van der Waals surface area contributed by atoms with Crippen molar-refractivity contribution < 1.29 is 14.3 Å². The highest BCUT2D eigenvalue weighted by Crippen LogP contribution is 2.14. The molecule has 2 N–H and O–H groups in total. The van der Waals surface area contributed by atoms with Crippen LogP contribution in [0.4, 0.5) is 0 Å². The van der Waals surface area contributed by atoms with Gasteiger partial charge in [0.05, 0.1) is 0 Å². The summed E-state index contributed by atoms with van der Waals surface area (Å²) in [5.41, 5.74) is 0.906. The van der Waals surface area contributed by atoms with E-state index in [1.54, 1.807) is 13.0 Å². The third-order valence-electron chi connectivity index (χ3n) is 3.30. The van der Waals surface area contributed by atoms with Gasteiger partial charge in [0, 0.05) is 24.7 Å². The van der Waals surface area contributed by atoms with Crippen LogP contribution in [-0.4, -0.2) is 41.7 Å². The van der Waals surface area contributed by atoms with E-state index in [1.165, 1.54) is 0 Å². The van der Waals surface area contributed by atoms with E-state index in [-0.39, 0.29) is 5.76 Å². The van der Waals surface area contributed by atoms with Gasteiger partial charge >= 0.3 is 5.97 Å². The van der Waals surface area contributed by atoms with Gasteiger partial charge in [0.2, 0.25) is 5.76 Å². The summed E-state index contributed by atoms with van der Waals surface area (Å²) in [5, 5.41) is 12.3. The van der Waals surface area contributed by atoms with Crippen molar-refractivity contribution in [2.45, 2.75) is 40.3 Å². The lowest BCUT2D eigenvalue weighted by molar-refractivity contribution is 0.0661. The molecule has 5 heteroatoms. The van der Waals surface area contributed by atoms with Crippen molar-refractivity contribution in [3.05, 3.63) is 23.2 Å². The largest absolute Gasteiger partial charge is 0.475 e. The van der Waals surface area contributed by atoms with Crippen molar-refractivity contribution in [2.24, 2.45) is 0 Å². The molecule has 5 nitrogen and oxygen atoms in total. The molecule has 1 atom stereocenters. The lowest BCUT2D eigenvalue weighted by atomic mass is 10.2. The molecule has 1 heterocycles. The van der Waals surface area contributed by atoms with E-state index in [2.05, 4.69) is 31.0 Å². The molecule has 1 aromatic rings. The Kier molecular flexibility index (Phi) is 6.05. The average molecular weight is 268 g/mol. The number of carbonyl (C=O) groups is 1. The Morgan fingerprint density at radius 1 is 1.47 bits per heavy atom. The summed E-state index contributed by atoms with van der Waals surface area (Å²) in [4.78, 5) is 13.2. The molecule has 0 aliphatic heterocycles. The molecule has 108 valence electrons. The van der Waals surface area contributed by atoms with E-state index in [1.807, 2.05) is 0 Å². The standard InChI is InChI=1S/C14H24N2O3/c1-5-16(6-2)9-10(3)15-8-12-7-13(14(17)18)19-11(12)4/h7,10,15H,5-6,8-9H2,1-4H3,(H,17,18). The second-order valence-corrected chi connectivity index (χ2v) is 4.77. The van der Waals surface area contributed by atoms with Crippen LogP contribution in [-0.2, 0) is 6.54 Å². The zero-order valence-electron chi connectivity index (χ0n) is 12.2. The molecular formula is C14H24N2O3. The van der Waals surface area contributed by atoms with Gasteiger partial charge in [-0.15, -0.1) is 0 Å². The molecule has 0 saturated carbocycles. The van der Waals surface area contributed by atoms with Crippen molar-refractivity contribution in [2.75, 3.05) is 19.6 Å². The fourth-order valence-electron chi connectivity index (χ4n) is 2.02. The monoisotopic (exact) mass is 268 g/mol. The first-order valence-corrected chi connectivity index (χ1v) is 6.76. The van der Waals surface area contributed by atoms with Crippen LogP contribution in [0.5, 0.6) is 0 Å². The third kappa shape index (κ3) is 4.69. The first kappa shape index (κ1) is 15.7. The molecule has 0 fully saturated rings. The maximum Gasteiger partial charge on any atom is 0.371 e. The van der Waals surface area contributed by atoms with E-state index in [9.17, 15) is 4.79 Å². The first-order chi connectivity index (χ1) is 8.97. The number of rotatable bonds is 8. The molecule has 0 amide bonds. The Morgan fingerprint density at radius 2 is 2.11 bits per heavy atom. The molecule has 0 aromatic carbocycles. The van der Waals surface area contributed by atoms with E-state index in [0.717, 1.165) is 25.2 Å². The van der Waals surface area contributed by atoms with E-state index >= 15 is 0 Å². The minimum absolute atomic E-state index is 0.00527. The minimum atomic E-state index is -1.02. The summed E-state index contributed by atoms with van der Waals surface area (Å²) in [6.45, 7) is 11.9. The fraction of sp³-hybridized carbons (Fsp3) is 0.643. The quantitative estimate of drug-likeness (QED) is 0.756. The van der Waals surface area contributed by atoms with Crippen LogP contribution in [0.3, 0.4) is 0 Å². The van der Waals surface area contributed by atoms with Crippen LogP contribution in [0.25, 0.3) is 0 Å². The van der Waals surface area contributed by atoms with E-state index in [0.29, 0.717) is 18.3 Å². The fourth-order valence-corrected chi connectivity index (χ4v) is 2.02. The predicted molar refractivity (Wildman–Crippen MR) is 74.5 cm³/mol. The highest BCUT2D eigenvalue weighted by molar-refractivity contribution is 5.84. The predicted octanol–water partition coefficient (Wildman–Crippen LogP) is 2.11. The smallest absolute Gasteiger partial charge is 0.371 e. The number of hydrogen-bond donors (Lipinski definition) is 2. The highest BCUT2D eigenvalue weighted by Gasteiger charge is 2.14. The zero-order chi connectivity index (χ0) is 14.4. The lowest BCUT2D eigenvalue weighted by Gasteiger charge is -2.23. The van der Waals surface area contributed by atoms with Gasteiger partial charge in [0.1, 0.15) is 5.76 Å².